The molecule has 4 rings (SSSR count). The molecule has 0 atom stereocenters. The Morgan fingerprint density at radius 3 is 2.79 bits per heavy atom. The highest BCUT2D eigenvalue weighted by atomic mass is 35.5. The predicted molar refractivity (Wildman–Crippen MR) is 131 cm³/mol. The van der Waals surface area contributed by atoms with E-state index in [4.69, 9.17) is 16.3 Å². The van der Waals surface area contributed by atoms with Crippen molar-refractivity contribution in [2.45, 2.75) is 32.0 Å². The number of imidazole rings is 1. The minimum Gasteiger partial charge on any atom is -0.490 e. The number of aromatic amines is 1. The molecular formula is C26H29ClN4O2. The van der Waals surface area contributed by atoms with Crippen LogP contribution >= 0.6 is 11.6 Å². The van der Waals surface area contributed by atoms with Crippen LogP contribution in [0.3, 0.4) is 0 Å². The molecule has 2 heterocycles. The number of ether oxygens (including phenoxy) is 1. The number of hydrogen-bond donors (Lipinski definition) is 1. The first-order chi connectivity index (χ1) is 16.1. The van der Waals surface area contributed by atoms with Crippen molar-refractivity contribution in [3.05, 3.63) is 89.0 Å². The molecule has 172 valence electrons. The van der Waals surface area contributed by atoms with Crippen LogP contribution in [0.4, 0.5) is 0 Å². The zero-order valence-electron chi connectivity index (χ0n) is 18.8. The number of aromatic nitrogens is 2. The summed E-state index contributed by atoms with van der Waals surface area (Å²) in [5.74, 6) is 1.84. The van der Waals surface area contributed by atoms with Crippen molar-refractivity contribution in [1.82, 2.24) is 19.8 Å². The molecule has 6 nitrogen and oxygen atoms in total. The number of halogens is 1. The third-order valence-electron chi connectivity index (χ3n) is 5.69. The Hall–Kier alpha value is -3.09. The number of nitrogens with zero attached hydrogens (tertiary/aromatic N) is 3. The monoisotopic (exact) mass is 464 g/mol. The molecule has 1 aromatic heterocycles. The van der Waals surface area contributed by atoms with Gasteiger partial charge in [-0.25, -0.2) is 4.98 Å². The molecule has 0 bridgehead atoms. The Morgan fingerprint density at radius 2 is 2.03 bits per heavy atom. The highest BCUT2D eigenvalue weighted by Gasteiger charge is 2.23. The first kappa shape index (κ1) is 23.1. The molecule has 33 heavy (non-hydrogen) atoms. The van der Waals surface area contributed by atoms with Crippen molar-refractivity contribution < 1.29 is 9.53 Å². The maximum absolute atomic E-state index is 12.6. The summed E-state index contributed by atoms with van der Waals surface area (Å²) in [5, 5.41) is 0.642. The van der Waals surface area contributed by atoms with Crippen LogP contribution in [0.15, 0.2) is 67.0 Å². The Morgan fingerprint density at radius 1 is 1.21 bits per heavy atom. The van der Waals surface area contributed by atoms with Crippen molar-refractivity contribution in [3.8, 4) is 5.75 Å². The largest absolute Gasteiger partial charge is 0.490 e. The van der Waals surface area contributed by atoms with Crippen LogP contribution in [0, 0.1) is 0 Å². The first-order valence-electron chi connectivity index (χ1n) is 11.2. The highest BCUT2D eigenvalue weighted by molar-refractivity contribution is 6.32. The van der Waals surface area contributed by atoms with E-state index < -0.39 is 0 Å². The van der Waals surface area contributed by atoms with Gasteiger partial charge < -0.3 is 14.6 Å². The number of nitrogens with one attached hydrogen (secondary N) is 1. The van der Waals surface area contributed by atoms with Gasteiger partial charge in [0.25, 0.3) is 0 Å². The van der Waals surface area contributed by atoms with E-state index in [2.05, 4.69) is 34.0 Å². The molecule has 0 radical (unpaired) electrons. The molecule has 7 heteroatoms. The number of rotatable bonds is 8. The number of carbonyl (C=O) groups is 1. The van der Waals surface area contributed by atoms with Gasteiger partial charge in [0.15, 0.2) is 0 Å². The maximum Gasteiger partial charge on any atom is 0.246 e. The predicted octanol–water partition coefficient (Wildman–Crippen LogP) is 4.78. The van der Waals surface area contributed by atoms with Gasteiger partial charge in [0.2, 0.25) is 5.91 Å². The number of piperidine rings is 1. The topological polar surface area (TPSA) is 61.5 Å². The summed E-state index contributed by atoms with van der Waals surface area (Å²) in [6.07, 6.45) is 8.73. The quantitative estimate of drug-likeness (QED) is 0.487. The third kappa shape index (κ3) is 6.70. The molecule has 0 saturated carbocycles. The Bertz CT molecular complexity index is 1080. The van der Waals surface area contributed by atoms with Crippen molar-refractivity contribution in [3.63, 3.8) is 0 Å². The summed E-state index contributed by atoms with van der Waals surface area (Å²) in [4.78, 5) is 24.0. The van der Waals surface area contributed by atoms with E-state index in [1.54, 1.807) is 18.3 Å². The van der Waals surface area contributed by atoms with Gasteiger partial charge in [-0.15, -0.1) is 0 Å². The first-order valence-corrected chi connectivity index (χ1v) is 11.6. The third-order valence-corrected chi connectivity index (χ3v) is 6.04. The second-order valence-electron chi connectivity index (χ2n) is 8.35. The molecule has 2 aromatic carbocycles. The summed E-state index contributed by atoms with van der Waals surface area (Å²) in [6.45, 7) is 2.93. The number of hydrogen-bond acceptors (Lipinski definition) is 4. The van der Waals surface area contributed by atoms with Crippen molar-refractivity contribution in [2.24, 2.45) is 0 Å². The van der Waals surface area contributed by atoms with Crippen LogP contribution in [0.2, 0.25) is 5.02 Å². The van der Waals surface area contributed by atoms with E-state index in [-0.39, 0.29) is 12.0 Å². The van der Waals surface area contributed by atoms with Gasteiger partial charge in [-0.1, -0.05) is 41.9 Å². The van der Waals surface area contributed by atoms with Crippen LogP contribution in [-0.2, 0) is 17.9 Å². The van der Waals surface area contributed by atoms with Gasteiger partial charge >= 0.3 is 0 Å². The number of carbonyl (C=O) groups excluding carboxylic acids is 1. The molecule has 1 N–H and O–H groups in total. The van der Waals surface area contributed by atoms with E-state index >= 15 is 0 Å². The molecule has 1 aliphatic rings. The number of likely N-dealkylation sites (tertiary alicyclic amines) is 1. The fraction of sp³-hybridized carbons (Fsp3) is 0.308. The van der Waals surface area contributed by atoms with E-state index in [9.17, 15) is 4.79 Å². The molecule has 0 spiro atoms. The Labute approximate surface area is 199 Å². The second-order valence-corrected chi connectivity index (χ2v) is 8.76. The molecule has 0 unspecified atom stereocenters. The fourth-order valence-corrected chi connectivity index (χ4v) is 4.19. The Balaban J connectivity index is 1.25. The van der Waals surface area contributed by atoms with Crippen molar-refractivity contribution in [2.75, 3.05) is 20.1 Å². The lowest BCUT2D eigenvalue weighted by atomic mass is 10.1. The van der Waals surface area contributed by atoms with Gasteiger partial charge in [0.05, 0.1) is 6.54 Å². The zero-order chi connectivity index (χ0) is 23.0. The molecular weight excluding hydrogens is 436 g/mol. The van der Waals surface area contributed by atoms with Gasteiger partial charge in [-0.05, 0) is 42.4 Å². The van der Waals surface area contributed by atoms with E-state index in [0.717, 1.165) is 43.1 Å². The molecule has 1 aliphatic heterocycles. The standard InChI is InChI=1S/C26H29ClN4O2/c1-30(19-25-28-13-14-29-25)18-20-5-4-7-23(17-20)33-22-11-15-31(16-12-22)26(32)10-9-21-6-2-3-8-24(21)27/h2-10,13-14,17,22H,11-12,15-16,18-19H2,1H3,(H,28,29)/b10-9+. The van der Waals surface area contributed by atoms with Crippen molar-refractivity contribution >= 4 is 23.6 Å². The van der Waals surface area contributed by atoms with Crippen LogP contribution in [0.1, 0.15) is 29.8 Å². The molecule has 1 saturated heterocycles. The number of H-pyrrole nitrogens is 1. The second kappa shape index (κ2) is 11.2. The van der Waals surface area contributed by atoms with Gasteiger partial charge in [0, 0.05) is 56.0 Å². The maximum atomic E-state index is 12.6. The zero-order valence-corrected chi connectivity index (χ0v) is 19.5. The lowest BCUT2D eigenvalue weighted by Gasteiger charge is -2.31. The molecule has 1 fully saturated rings. The number of amides is 1. The normalized spacial score (nSPS) is 14.8. The van der Waals surface area contributed by atoms with Gasteiger partial charge in [0.1, 0.15) is 17.7 Å². The lowest BCUT2D eigenvalue weighted by molar-refractivity contribution is -0.127. The van der Waals surface area contributed by atoms with E-state index in [1.165, 1.54) is 5.56 Å². The highest BCUT2D eigenvalue weighted by Crippen LogP contribution is 2.22. The fourth-order valence-electron chi connectivity index (χ4n) is 3.99. The minimum absolute atomic E-state index is 0.00922. The summed E-state index contributed by atoms with van der Waals surface area (Å²) in [5.41, 5.74) is 2.04. The molecule has 0 aliphatic carbocycles. The smallest absolute Gasteiger partial charge is 0.246 e. The molecule has 3 aromatic rings. The van der Waals surface area contributed by atoms with Gasteiger partial charge in [-0.2, -0.15) is 0 Å². The summed E-state index contributed by atoms with van der Waals surface area (Å²) in [7, 11) is 2.07. The van der Waals surface area contributed by atoms with E-state index in [1.807, 2.05) is 47.5 Å². The molecule has 1 amide bonds. The van der Waals surface area contributed by atoms with Crippen LogP contribution < -0.4 is 4.74 Å². The number of benzene rings is 2. The van der Waals surface area contributed by atoms with Crippen LogP contribution in [0.25, 0.3) is 6.08 Å². The van der Waals surface area contributed by atoms with Crippen molar-refractivity contribution in [1.29, 1.82) is 0 Å². The average molecular weight is 465 g/mol. The summed E-state index contributed by atoms with van der Waals surface area (Å²) >= 11 is 6.16. The SMILES string of the molecule is CN(Cc1cccc(OC2CCN(C(=O)/C=C/c3ccccc3Cl)CC2)c1)Cc1ncc[nH]1. The van der Waals surface area contributed by atoms with Crippen LogP contribution in [-0.4, -0.2) is 51.9 Å². The lowest BCUT2D eigenvalue weighted by Crippen LogP contribution is -2.41. The Kier molecular flexibility index (Phi) is 7.81. The average Bonchev–Trinajstić information content (AvgIpc) is 3.32. The summed E-state index contributed by atoms with van der Waals surface area (Å²) < 4.78 is 6.25. The minimum atomic E-state index is 0.00922. The van der Waals surface area contributed by atoms with Crippen LogP contribution in [0.5, 0.6) is 5.75 Å². The van der Waals surface area contributed by atoms with Gasteiger partial charge in [-0.3, -0.25) is 9.69 Å². The summed E-state index contributed by atoms with van der Waals surface area (Å²) in [6, 6.07) is 15.7. The van der Waals surface area contributed by atoms with E-state index in [0.29, 0.717) is 18.1 Å².